The first-order valence-electron chi connectivity index (χ1n) is 4.70. The molecule has 0 amide bonds. The number of aryl methyl sites for hydroxylation is 2. The zero-order chi connectivity index (χ0) is 11.0. The lowest BCUT2D eigenvalue weighted by molar-refractivity contribution is 1.50. The molecule has 15 heavy (non-hydrogen) atoms. The molecule has 3 heteroatoms. The fourth-order valence-electron chi connectivity index (χ4n) is 1.61. The number of thiophene rings is 1. The largest absolute Gasteiger partial charge is 0.398 e. The summed E-state index contributed by atoms with van der Waals surface area (Å²) in [5, 5.41) is 0. The molecule has 0 aliphatic rings. The molecule has 0 spiro atoms. The van der Waals surface area contributed by atoms with Crippen LogP contribution in [0.3, 0.4) is 0 Å². The molecule has 0 unspecified atom stereocenters. The van der Waals surface area contributed by atoms with E-state index in [-0.39, 0.29) is 0 Å². The Hall–Kier alpha value is -0.800. The zero-order valence-electron chi connectivity index (χ0n) is 8.67. The molecule has 1 heterocycles. The van der Waals surface area contributed by atoms with Gasteiger partial charge in [-0.1, -0.05) is 6.07 Å². The van der Waals surface area contributed by atoms with E-state index in [0.29, 0.717) is 0 Å². The maximum atomic E-state index is 5.87. The summed E-state index contributed by atoms with van der Waals surface area (Å²) in [4.78, 5) is 2.65. The van der Waals surface area contributed by atoms with Gasteiger partial charge in [-0.05, 0) is 59.1 Å². The van der Waals surface area contributed by atoms with Crippen molar-refractivity contribution in [2.45, 2.75) is 13.8 Å². The molecular weight excluding hydrogens is 270 g/mol. The summed E-state index contributed by atoms with van der Waals surface area (Å²) in [6, 6.07) is 8.32. The zero-order valence-corrected chi connectivity index (χ0v) is 11.1. The Balaban J connectivity index is 2.54. The van der Waals surface area contributed by atoms with Gasteiger partial charge < -0.3 is 5.73 Å². The lowest BCUT2D eigenvalue weighted by Gasteiger charge is -2.03. The standard InChI is InChI=1S/C12H12BrNS/c1-7-5-8(2)15-12(7)9-3-4-10(13)11(14)6-9/h3-6H,14H2,1-2H3. The monoisotopic (exact) mass is 281 g/mol. The number of halogens is 1. The molecule has 0 saturated carbocycles. The highest BCUT2D eigenvalue weighted by Crippen LogP contribution is 2.34. The van der Waals surface area contributed by atoms with Crippen LogP contribution in [0.2, 0.25) is 0 Å². The van der Waals surface area contributed by atoms with Gasteiger partial charge in [0, 0.05) is 19.9 Å². The van der Waals surface area contributed by atoms with Crippen LogP contribution in [0.4, 0.5) is 5.69 Å². The van der Waals surface area contributed by atoms with E-state index in [2.05, 4.69) is 41.9 Å². The molecule has 0 saturated heterocycles. The summed E-state index contributed by atoms with van der Waals surface area (Å²) in [5.74, 6) is 0. The van der Waals surface area contributed by atoms with Crippen molar-refractivity contribution >= 4 is 33.0 Å². The predicted octanol–water partition coefficient (Wildman–Crippen LogP) is 4.38. The van der Waals surface area contributed by atoms with Crippen molar-refractivity contribution in [3.05, 3.63) is 39.2 Å². The van der Waals surface area contributed by atoms with E-state index in [1.54, 1.807) is 0 Å². The fraction of sp³-hybridized carbons (Fsp3) is 0.167. The van der Waals surface area contributed by atoms with Crippen LogP contribution in [0.5, 0.6) is 0 Å². The summed E-state index contributed by atoms with van der Waals surface area (Å²) >= 11 is 5.22. The Morgan fingerprint density at radius 3 is 2.47 bits per heavy atom. The predicted molar refractivity (Wildman–Crippen MR) is 71.3 cm³/mol. The van der Waals surface area contributed by atoms with Crippen molar-refractivity contribution in [3.63, 3.8) is 0 Å². The average molecular weight is 282 g/mol. The summed E-state index contributed by atoms with van der Waals surface area (Å²) < 4.78 is 0.956. The fourth-order valence-corrected chi connectivity index (χ4v) is 2.88. The third-order valence-electron chi connectivity index (χ3n) is 2.30. The van der Waals surface area contributed by atoms with E-state index < -0.39 is 0 Å². The smallest absolute Gasteiger partial charge is 0.0464 e. The second kappa shape index (κ2) is 3.99. The van der Waals surface area contributed by atoms with Gasteiger partial charge in [0.25, 0.3) is 0 Å². The highest BCUT2D eigenvalue weighted by atomic mass is 79.9. The second-order valence-electron chi connectivity index (χ2n) is 3.61. The van der Waals surface area contributed by atoms with E-state index in [0.717, 1.165) is 10.2 Å². The van der Waals surface area contributed by atoms with Gasteiger partial charge in [0.1, 0.15) is 0 Å². The maximum Gasteiger partial charge on any atom is 0.0464 e. The Kier molecular flexibility index (Phi) is 2.85. The Morgan fingerprint density at radius 1 is 1.20 bits per heavy atom. The summed E-state index contributed by atoms with van der Waals surface area (Å²) in [7, 11) is 0. The summed E-state index contributed by atoms with van der Waals surface area (Å²) in [6.07, 6.45) is 0. The van der Waals surface area contributed by atoms with Crippen molar-refractivity contribution in [1.82, 2.24) is 0 Å². The highest BCUT2D eigenvalue weighted by molar-refractivity contribution is 9.10. The van der Waals surface area contributed by atoms with Gasteiger partial charge in [-0.3, -0.25) is 0 Å². The van der Waals surface area contributed by atoms with Gasteiger partial charge in [0.2, 0.25) is 0 Å². The van der Waals surface area contributed by atoms with Crippen LogP contribution in [-0.4, -0.2) is 0 Å². The first-order valence-corrected chi connectivity index (χ1v) is 6.31. The third kappa shape index (κ3) is 2.08. The number of anilines is 1. The van der Waals surface area contributed by atoms with Crippen molar-refractivity contribution in [2.24, 2.45) is 0 Å². The van der Waals surface area contributed by atoms with Gasteiger partial charge >= 0.3 is 0 Å². The maximum absolute atomic E-state index is 5.87. The molecule has 2 aromatic rings. The number of benzene rings is 1. The topological polar surface area (TPSA) is 26.0 Å². The SMILES string of the molecule is Cc1cc(C)c(-c2ccc(Br)c(N)c2)s1. The van der Waals surface area contributed by atoms with E-state index in [9.17, 15) is 0 Å². The third-order valence-corrected chi connectivity index (χ3v) is 4.22. The van der Waals surface area contributed by atoms with Crippen molar-refractivity contribution in [3.8, 4) is 10.4 Å². The van der Waals surface area contributed by atoms with E-state index in [4.69, 9.17) is 5.73 Å². The van der Waals surface area contributed by atoms with Crippen LogP contribution < -0.4 is 5.73 Å². The van der Waals surface area contributed by atoms with Crippen molar-refractivity contribution < 1.29 is 0 Å². The normalized spacial score (nSPS) is 10.6. The minimum absolute atomic E-state index is 0.790. The van der Waals surface area contributed by atoms with Crippen LogP contribution in [0, 0.1) is 13.8 Å². The van der Waals surface area contributed by atoms with Crippen LogP contribution in [0.25, 0.3) is 10.4 Å². The molecular formula is C12H12BrNS. The molecule has 78 valence electrons. The molecule has 1 aromatic carbocycles. The van der Waals surface area contributed by atoms with Crippen LogP contribution in [0.1, 0.15) is 10.4 Å². The number of nitrogens with two attached hydrogens (primary N) is 1. The molecule has 0 radical (unpaired) electrons. The summed E-state index contributed by atoms with van der Waals surface area (Å²) in [6.45, 7) is 4.26. The number of hydrogen-bond donors (Lipinski definition) is 1. The van der Waals surface area contributed by atoms with Crippen LogP contribution >= 0.6 is 27.3 Å². The van der Waals surface area contributed by atoms with Gasteiger partial charge in [-0.25, -0.2) is 0 Å². The molecule has 0 bridgehead atoms. The van der Waals surface area contributed by atoms with Gasteiger partial charge in [-0.15, -0.1) is 11.3 Å². The van der Waals surface area contributed by atoms with Gasteiger partial charge in [0.15, 0.2) is 0 Å². The minimum atomic E-state index is 0.790. The van der Waals surface area contributed by atoms with Crippen LogP contribution in [0.15, 0.2) is 28.7 Å². The molecule has 1 aromatic heterocycles. The highest BCUT2D eigenvalue weighted by Gasteiger charge is 2.06. The Bertz CT molecular complexity index is 502. The lowest BCUT2D eigenvalue weighted by atomic mass is 10.1. The number of rotatable bonds is 1. The van der Waals surface area contributed by atoms with E-state index in [1.165, 1.54) is 20.9 Å². The van der Waals surface area contributed by atoms with Crippen molar-refractivity contribution in [2.75, 3.05) is 5.73 Å². The first kappa shape index (κ1) is 10.7. The number of hydrogen-bond acceptors (Lipinski definition) is 2. The van der Waals surface area contributed by atoms with Crippen LogP contribution in [-0.2, 0) is 0 Å². The van der Waals surface area contributed by atoms with E-state index >= 15 is 0 Å². The Morgan fingerprint density at radius 2 is 1.93 bits per heavy atom. The molecule has 0 fully saturated rings. The molecule has 2 rings (SSSR count). The Labute approximate surface area is 102 Å². The van der Waals surface area contributed by atoms with E-state index in [1.807, 2.05) is 23.5 Å². The molecule has 0 atom stereocenters. The van der Waals surface area contributed by atoms with Gasteiger partial charge in [0.05, 0.1) is 0 Å². The lowest BCUT2D eigenvalue weighted by Crippen LogP contribution is -1.87. The number of nitrogen functional groups attached to an aromatic ring is 1. The summed E-state index contributed by atoms with van der Waals surface area (Å²) in [5.41, 5.74) is 9.18. The van der Waals surface area contributed by atoms with Crippen molar-refractivity contribution in [1.29, 1.82) is 0 Å². The second-order valence-corrected chi connectivity index (χ2v) is 5.72. The first-order chi connectivity index (χ1) is 7.08. The molecule has 2 N–H and O–H groups in total. The molecule has 1 nitrogen and oxygen atoms in total. The van der Waals surface area contributed by atoms with Gasteiger partial charge in [-0.2, -0.15) is 0 Å². The minimum Gasteiger partial charge on any atom is -0.398 e. The average Bonchev–Trinajstić information content (AvgIpc) is 2.50. The quantitative estimate of drug-likeness (QED) is 0.772. The molecule has 0 aliphatic carbocycles. The molecule has 0 aliphatic heterocycles.